The standard InChI is InChI=1S/C23H26N4S/c1-3-17-27(18-4-2)23-25-22(26-28-23)24-16-15-21(19-11-7-5-8-12-19)20-13-9-6-10-14-20/h3-14,21H,1-2,15-18H2,(H,24,26). The van der Waals surface area contributed by atoms with Crippen LogP contribution in [-0.4, -0.2) is 29.0 Å². The Morgan fingerprint density at radius 1 is 0.929 bits per heavy atom. The van der Waals surface area contributed by atoms with E-state index in [0.717, 1.165) is 31.2 Å². The van der Waals surface area contributed by atoms with Crippen molar-refractivity contribution in [1.29, 1.82) is 0 Å². The van der Waals surface area contributed by atoms with E-state index >= 15 is 0 Å². The van der Waals surface area contributed by atoms with E-state index in [1.165, 1.54) is 22.7 Å². The van der Waals surface area contributed by atoms with Crippen molar-refractivity contribution >= 4 is 22.6 Å². The molecule has 1 aromatic heterocycles. The second kappa shape index (κ2) is 10.4. The van der Waals surface area contributed by atoms with Crippen LogP contribution in [0.5, 0.6) is 0 Å². The summed E-state index contributed by atoms with van der Waals surface area (Å²) in [6.45, 7) is 9.87. The number of benzene rings is 2. The van der Waals surface area contributed by atoms with Gasteiger partial charge in [-0.2, -0.15) is 9.36 Å². The first-order valence-electron chi connectivity index (χ1n) is 9.46. The molecule has 28 heavy (non-hydrogen) atoms. The lowest BCUT2D eigenvalue weighted by atomic mass is 9.88. The zero-order valence-electron chi connectivity index (χ0n) is 16.0. The fourth-order valence-corrected chi connectivity index (χ4v) is 3.85. The highest BCUT2D eigenvalue weighted by molar-refractivity contribution is 7.09. The van der Waals surface area contributed by atoms with Crippen LogP contribution in [0.2, 0.25) is 0 Å². The first kappa shape index (κ1) is 19.8. The summed E-state index contributed by atoms with van der Waals surface area (Å²) in [4.78, 5) is 6.71. The van der Waals surface area contributed by atoms with Crippen LogP contribution in [0.3, 0.4) is 0 Å². The Labute approximate surface area is 171 Å². The van der Waals surface area contributed by atoms with Gasteiger partial charge < -0.3 is 10.2 Å². The van der Waals surface area contributed by atoms with Crippen molar-refractivity contribution in [1.82, 2.24) is 9.36 Å². The topological polar surface area (TPSA) is 41.1 Å². The lowest BCUT2D eigenvalue weighted by Crippen LogP contribution is -2.22. The van der Waals surface area contributed by atoms with Gasteiger partial charge in [0.15, 0.2) is 0 Å². The van der Waals surface area contributed by atoms with E-state index in [9.17, 15) is 0 Å². The largest absolute Gasteiger partial charge is 0.353 e. The molecule has 5 heteroatoms. The molecule has 0 atom stereocenters. The second-order valence-electron chi connectivity index (χ2n) is 6.47. The number of hydrogen-bond acceptors (Lipinski definition) is 5. The van der Waals surface area contributed by atoms with Crippen molar-refractivity contribution in [2.45, 2.75) is 12.3 Å². The summed E-state index contributed by atoms with van der Waals surface area (Å²) in [5.74, 6) is 1.02. The van der Waals surface area contributed by atoms with E-state index in [2.05, 4.69) is 93.4 Å². The first-order chi connectivity index (χ1) is 13.8. The summed E-state index contributed by atoms with van der Waals surface area (Å²) in [7, 11) is 0. The predicted molar refractivity (Wildman–Crippen MR) is 120 cm³/mol. The zero-order valence-corrected chi connectivity index (χ0v) is 16.8. The SMILES string of the molecule is C=CCN(CC=C)c1nc(NCCC(c2ccccc2)c2ccccc2)ns1. The fourth-order valence-electron chi connectivity index (χ4n) is 3.18. The Kier molecular flexibility index (Phi) is 7.38. The molecule has 2 aromatic carbocycles. The van der Waals surface area contributed by atoms with E-state index in [1.807, 2.05) is 12.2 Å². The Bertz CT molecular complexity index is 811. The van der Waals surface area contributed by atoms with Gasteiger partial charge in [0.25, 0.3) is 0 Å². The van der Waals surface area contributed by atoms with E-state index in [1.54, 1.807) is 0 Å². The molecule has 0 bridgehead atoms. The predicted octanol–water partition coefficient (Wildman–Crippen LogP) is 5.35. The molecule has 0 fully saturated rings. The minimum Gasteiger partial charge on any atom is -0.353 e. The molecular weight excluding hydrogens is 364 g/mol. The van der Waals surface area contributed by atoms with Crippen LogP contribution >= 0.6 is 11.5 Å². The molecule has 0 amide bonds. The molecule has 0 unspecified atom stereocenters. The van der Waals surface area contributed by atoms with Crippen molar-refractivity contribution in [3.05, 3.63) is 97.1 Å². The highest BCUT2D eigenvalue weighted by Gasteiger charge is 2.15. The van der Waals surface area contributed by atoms with Gasteiger partial charge in [0.2, 0.25) is 11.1 Å². The summed E-state index contributed by atoms with van der Waals surface area (Å²) in [6.07, 6.45) is 4.69. The van der Waals surface area contributed by atoms with Crippen molar-refractivity contribution < 1.29 is 0 Å². The summed E-state index contributed by atoms with van der Waals surface area (Å²) in [6, 6.07) is 21.3. The Hall–Kier alpha value is -2.92. The van der Waals surface area contributed by atoms with Gasteiger partial charge in [-0.3, -0.25) is 0 Å². The van der Waals surface area contributed by atoms with Crippen LogP contribution in [0.1, 0.15) is 23.5 Å². The third-order valence-electron chi connectivity index (χ3n) is 4.50. The molecule has 3 rings (SSSR count). The average Bonchev–Trinajstić information content (AvgIpc) is 3.21. The van der Waals surface area contributed by atoms with Gasteiger partial charge in [-0.15, -0.1) is 13.2 Å². The number of anilines is 2. The minimum atomic E-state index is 0.339. The fraction of sp³-hybridized carbons (Fsp3) is 0.217. The maximum absolute atomic E-state index is 4.62. The van der Waals surface area contributed by atoms with Gasteiger partial charge in [-0.1, -0.05) is 72.8 Å². The molecule has 0 spiro atoms. The molecule has 0 aliphatic heterocycles. The highest BCUT2D eigenvalue weighted by atomic mass is 32.1. The average molecular weight is 391 g/mol. The van der Waals surface area contributed by atoms with E-state index in [4.69, 9.17) is 0 Å². The Balaban J connectivity index is 1.65. The van der Waals surface area contributed by atoms with Gasteiger partial charge in [0.1, 0.15) is 0 Å². The number of nitrogens with one attached hydrogen (secondary N) is 1. The van der Waals surface area contributed by atoms with Crippen molar-refractivity contribution in [3.8, 4) is 0 Å². The van der Waals surface area contributed by atoms with Gasteiger partial charge in [-0.25, -0.2) is 0 Å². The molecule has 1 heterocycles. The number of aromatic nitrogens is 2. The maximum atomic E-state index is 4.62. The summed E-state index contributed by atoms with van der Waals surface area (Å²) < 4.78 is 4.45. The van der Waals surface area contributed by atoms with Gasteiger partial charge >= 0.3 is 0 Å². The summed E-state index contributed by atoms with van der Waals surface area (Å²) in [5, 5.41) is 4.26. The van der Waals surface area contributed by atoms with Crippen LogP contribution < -0.4 is 10.2 Å². The maximum Gasteiger partial charge on any atom is 0.236 e. The number of hydrogen-bond donors (Lipinski definition) is 1. The quantitative estimate of drug-likeness (QED) is 0.448. The molecule has 0 saturated heterocycles. The molecule has 4 nitrogen and oxygen atoms in total. The minimum absolute atomic E-state index is 0.339. The molecule has 3 aromatic rings. The lowest BCUT2D eigenvalue weighted by Gasteiger charge is -2.18. The van der Waals surface area contributed by atoms with Crippen LogP contribution in [0.4, 0.5) is 11.1 Å². The smallest absolute Gasteiger partial charge is 0.236 e. The molecule has 0 saturated carbocycles. The molecular formula is C23H26N4S. The van der Waals surface area contributed by atoms with Crippen molar-refractivity contribution in [3.63, 3.8) is 0 Å². The van der Waals surface area contributed by atoms with Crippen LogP contribution in [0, 0.1) is 0 Å². The molecule has 0 radical (unpaired) electrons. The van der Waals surface area contributed by atoms with Gasteiger partial charge in [0.05, 0.1) is 0 Å². The van der Waals surface area contributed by atoms with Crippen molar-refractivity contribution in [2.75, 3.05) is 29.9 Å². The van der Waals surface area contributed by atoms with Crippen LogP contribution in [0.15, 0.2) is 86.0 Å². The molecule has 0 aliphatic carbocycles. The normalized spacial score (nSPS) is 10.6. The third-order valence-corrected chi connectivity index (χ3v) is 5.28. The molecule has 0 aliphatic rings. The molecule has 1 N–H and O–H groups in total. The monoisotopic (exact) mass is 390 g/mol. The number of nitrogens with zero attached hydrogens (tertiary/aromatic N) is 3. The molecule has 144 valence electrons. The van der Waals surface area contributed by atoms with Crippen molar-refractivity contribution in [2.24, 2.45) is 0 Å². The lowest BCUT2D eigenvalue weighted by molar-refractivity contribution is 0.742. The van der Waals surface area contributed by atoms with Gasteiger partial charge in [-0.05, 0) is 17.5 Å². The highest BCUT2D eigenvalue weighted by Crippen LogP contribution is 2.28. The zero-order chi connectivity index (χ0) is 19.6. The van der Waals surface area contributed by atoms with E-state index in [0.29, 0.717) is 11.9 Å². The summed E-state index contributed by atoms with van der Waals surface area (Å²) in [5.41, 5.74) is 2.65. The number of rotatable bonds is 11. The first-order valence-corrected chi connectivity index (χ1v) is 10.2. The Morgan fingerprint density at radius 2 is 1.50 bits per heavy atom. The van der Waals surface area contributed by atoms with E-state index < -0.39 is 0 Å². The van der Waals surface area contributed by atoms with E-state index in [-0.39, 0.29) is 0 Å². The van der Waals surface area contributed by atoms with Crippen LogP contribution in [0.25, 0.3) is 0 Å². The third kappa shape index (κ3) is 5.30. The van der Waals surface area contributed by atoms with Gasteiger partial charge in [0, 0.05) is 37.1 Å². The second-order valence-corrected chi connectivity index (χ2v) is 7.20. The van der Waals surface area contributed by atoms with Crippen LogP contribution in [-0.2, 0) is 0 Å². The summed E-state index contributed by atoms with van der Waals surface area (Å²) >= 11 is 1.40. The Morgan fingerprint density at radius 3 is 2.04 bits per heavy atom.